The lowest BCUT2D eigenvalue weighted by Gasteiger charge is -2.35. The van der Waals surface area contributed by atoms with Gasteiger partial charge in [0.2, 0.25) is 0 Å². The molecule has 3 rings (SSSR count). The number of nitrogens with zero attached hydrogens (tertiary/aromatic N) is 3. The highest BCUT2D eigenvalue weighted by Gasteiger charge is 2.25. The van der Waals surface area contributed by atoms with Gasteiger partial charge in [-0.25, -0.2) is 4.98 Å². The lowest BCUT2D eigenvalue weighted by Crippen LogP contribution is -2.47. The van der Waals surface area contributed by atoms with Crippen LogP contribution in [0.5, 0.6) is 0 Å². The maximum Gasteiger partial charge on any atom is 0.270 e. The standard InChI is InChI=1S/C25H42N6O/c1-18(2)16-30(4)22-11-10-21(24(27-3)29-22)23(26)25(32)28-20-12-14-31(15-13-20)17-19-8-6-5-7-9-19/h10-11,18-20,26H,5-9,12-17H2,1-4H3,(H,27,29)(H,28,32). The second kappa shape index (κ2) is 11.6. The first-order chi connectivity index (χ1) is 15.4. The maximum absolute atomic E-state index is 12.8. The van der Waals surface area contributed by atoms with Crippen LogP contribution in [0.25, 0.3) is 0 Å². The smallest absolute Gasteiger partial charge is 0.270 e. The fourth-order valence-electron chi connectivity index (χ4n) is 5.07. The van der Waals surface area contributed by atoms with Crippen molar-refractivity contribution in [2.75, 3.05) is 50.5 Å². The molecule has 1 aliphatic heterocycles. The molecule has 1 aromatic heterocycles. The van der Waals surface area contributed by atoms with Crippen LogP contribution < -0.4 is 15.5 Å². The van der Waals surface area contributed by atoms with Crippen LogP contribution in [0.2, 0.25) is 0 Å². The van der Waals surface area contributed by atoms with E-state index in [1.165, 1.54) is 38.6 Å². The van der Waals surface area contributed by atoms with Gasteiger partial charge in [0.15, 0.2) is 0 Å². The van der Waals surface area contributed by atoms with Gasteiger partial charge in [-0.1, -0.05) is 33.1 Å². The van der Waals surface area contributed by atoms with Gasteiger partial charge in [0.05, 0.1) is 0 Å². The molecule has 1 saturated heterocycles. The lowest BCUT2D eigenvalue weighted by atomic mass is 9.88. The summed E-state index contributed by atoms with van der Waals surface area (Å²) in [5.41, 5.74) is 0.519. The summed E-state index contributed by atoms with van der Waals surface area (Å²) in [4.78, 5) is 22.1. The topological polar surface area (TPSA) is 84.4 Å². The number of piperidine rings is 1. The second-order valence-corrected chi connectivity index (χ2v) is 10.0. The SMILES string of the molecule is CNc1nc(N(C)CC(C)C)ccc1C(=N)C(=O)NC1CCN(CC2CCCCC2)CC1. The Morgan fingerprint density at radius 1 is 1.19 bits per heavy atom. The first-order valence-electron chi connectivity index (χ1n) is 12.4. The number of nitrogens with one attached hydrogen (secondary N) is 3. The van der Waals surface area contributed by atoms with Crippen molar-refractivity contribution in [1.82, 2.24) is 15.2 Å². The number of rotatable bonds is 9. The fraction of sp³-hybridized carbons (Fsp3) is 0.720. The van der Waals surface area contributed by atoms with Crippen LogP contribution in [0, 0.1) is 17.2 Å². The number of carbonyl (C=O) groups excluding carboxylic acids is 1. The number of anilines is 2. The van der Waals surface area contributed by atoms with Gasteiger partial charge in [0.1, 0.15) is 17.3 Å². The van der Waals surface area contributed by atoms with Gasteiger partial charge in [-0.15, -0.1) is 0 Å². The molecule has 32 heavy (non-hydrogen) atoms. The molecule has 0 spiro atoms. The Hall–Kier alpha value is -2.15. The summed E-state index contributed by atoms with van der Waals surface area (Å²) >= 11 is 0. The molecule has 2 heterocycles. The zero-order valence-corrected chi connectivity index (χ0v) is 20.4. The van der Waals surface area contributed by atoms with Crippen molar-refractivity contribution in [3.63, 3.8) is 0 Å². The molecule has 7 heteroatoms. The van der Waals surface area contributed by atoms with Crippen LogP contribution in [-0.4, -0.2) is 67.8 Å². The third-order valence-corrected chi connectivity index (χ3v) is 6.81. The van der Waals surface area contributed by atoms with E-state index in [9.17, 15) is 4.79 Å². The summed E-state index contributed by atoms with van der Waals surface area (Å²) < 4.78 is 0. The van der Waals surface area contributed by atoms with Gasteiger partial charge in [0.25, 0.3) is 5.91 Å². The third kappa shape index (κ3) is 6.67. The van der Waals surface area contributed by atoms with Crippen molar-refractivity contribution in [1.29, 1.82) is 5.41 Å². The average molecular weight is 443 g/mol. The molecular weight excluding hydrogens is 400 g/mol. The van der Waals surface area contributed by atoms with Crippen molar-refractivity contribution in [3.8, 4) is 0 Å². The van der Waals surface area contributed by atoms with E-state index in [1.54, 1.807) is 7.05 Å². The summed E-state index contributed by atoms with van der Waals surface area (Å²) in [5, 5.41) is 14.6. The van der Waals surface area contributed by atoms with Crippen molar-refractivity contribution >= 4 is 23.3 Å². The van der Waals surface area contributed by atoms with Gasteiger partial charge in [-0.05, 0) is 49.7 Å². The molecular formula is C25H42N6O. The molecule has 2 aliphatic rings. The van der Waals surface area contributed by atoms with Crippen LogP contribution in [-0.2, 0) is 4.79 Å². The molecule has 1 aromatic rings. The molecule has 2 fully saturated rings. The second-order valence-electron chi connectivity index (χ2n) is 10.0. The number of hydrogen-bond acceptors (Lipinski definition) is 6. The van der Waals surface area contributed by atoms with E-state index in [1.807, 2.05) is 19.2 Å². The Morgan fingerprint density at radius 2 is 1.88 bits per heavy atom. The van der Waals surface area contributed by atoms with Crippen LogP contribution in [0.1, 0.15) is 64.4 Å². The zero-order chi connectivity index (χ0) is 23.1. The van der Waals surface area contributed by atoms with Gasteiger partial charge >= 0.3 is 0 Å². The number of likely N-dealkylation sites (tertiary alicyclic amines) is 1. The highest BCUT2D eigenvalue weighted by Crippen LogP contribution is 2.25. The molecule has 0 unspecified atom stereocenters. The largest absolute Gasteiger partial charge is 0.373 e. The average Bonchev–Trinajstić information content (AvgIpc) is 2.79. The van der Waals surface area contributed by atoms with Gasteiger partial charge < -0.3 is 20.4 Å². The Morgan fingerprint density at radius 3 is 2.50 bits per heavy atom. The summed E-state index contributed by atoms with van der Waals surface area (Å²) in [6, 6.07) is 3.87. The lowest BCUT2D eigenvalue weighted by molar-refractivity contribution is -0.115. The van der Waals surface area contributed by atoms with Crippen LogP contribution >= 0.6 is 0 Å². The van der Waals surface area contributed by atoms with E-state index in [0.29, 0.717) is 17.3 Å². The van der Waals surface area contributed by atoms with Crippen LogP contribution in [0.4, 0.5) is 11.6 Å². The summed E-state index contributed by atoms with van der Waals surface area (Å²) in [7, 11) is 3.80. The van der Waals surface area contributed by atoms with Crippen LogP contribution in [0.3, 0.4) is 0 Å². The van der Waals surface area contributed by atoms with Gasteiger partial charge in [-0.2, -0.15) is 0 Å². The molecule has 1 aliphatic carbocycles. The molecule has 7 nitrogen and oxygen atoms in total. The maximum atomic E-state index is 12.8. The first kappa shape index (κ1) is 24.5. The van der Waals surface area contributed by atoms with E-state index in [-0.39, 0.29) is 17.7 Å². The summed E-state index contributed by atoms with van der Waals surface area (Å²) in [6.45, 7) is 8.52. The minimum absolute atomic E-state index is 0.0236. The van der Waals surface area contributed by atoms with E-state index in [0.717, 1.165) is 44.2 Å². The highest BCUT2D eigenvalue weighted by molar-refractivity contribution is 6.45. The third-order valence-electron chi connectivity index (χ3n) is 6.81. The van der Waals surface area contributed by atoms with Crippen molar-refractivity contribution < 1.29 is 4.79 Å². The summed E-state index contributed by atoms with van der Waals surface area (Å²) in [6.07, 6.45) is 8.85. The number of amides is 1. The van der Waals surface area contributed by atoms with E-state index < -0.39 is 0 Å². The molecule has 1 saturated carbocycles. The van der Waals surface area contributed by atoms with Gasteiger partial charge in [-0.3, -0.25) is 10.2 Å². The summed E-state index contributed by atoms with van der Waals surface area (Å²) in [5.74, 6) is 2.49. The molecule has 0 radical (unpaired) electrons. The van der Waals surface area contributed by atoms with E-state index in [4.69, 9.17) is 5.41 Å². The Labute approximate surface area is 193 Å². The number of carbonyl (C=O) groups is 1. The molecule has 1 amide bonds. The Kier molecular flexibility index (Phi) is 8.91. The minimum atomic E-state index is -0.308. The van der Waals surface area contributed by atoms with E-state index in [2.05, 4.69) is 39.3 Å². The van der Waals surface area contributed by atoms with Crippen LogP contribution in [0.15, 0.2) is 12.1 Å². The predicted molar refractivity (Wildman–Crippen MR) is 133 cm³/mol. The molecule has 0 bridgehead atoms. The Balaban J connectivity index is 1.52. The van der Waals surface area contributed by atoms with Crippen molar-refractivity contribution in [2.45, 2.75) is 64.8 Å². The normalized spacial score (nSPS) is 18.5. The Bertz CT molecular complexity index is 766. The molecule has 3 N–H and O–H groups in total. The van der Waals surface area contributed by atoms with E-state index >= 15 is 0 Å². The number of aromatic nitrogens is 1. The monoisotopic (exact) mass is 442 g/mol. The first-order valence-corrected chi connectivity index (χ1v) is 12.4. The molecule has 0 aromatic carbocycles. The quantitative estimate of drug-likeness (QED) is 0.507. The van der Waals surface area contributed by atoms with Crippen molar-refractivity contribution in [2.24, 2.45) is 11.8 Å². The molecule has 0 atom stereocenters. The number of hydrogen-bond donors (Lipinski definition) is 3. The zero-order valence-electron chi connectivity index (χ0n) is 20.4. The molecule has 178 valence electrons. The van der Waals surface area contributed by atoms with Gasteiger partial charge in [0, 0.05) is 51.9 Å². The minimum Gasteiger partial charge on any atom is -0.373 e. The van der Waals surface area contributed by atoms with Crippen molar-refractivity contribution in [3.05, 3.63) is 17.7 Å². The number of pyridine rings is 1. The fourth-order valence-corrected chi connectivity index (χ4v) is 5.07. The predicted octanol–water partition coefficient (Wildman–Crippen LogP) is 3.74. The highest BCUT2D eigenvalue weighted by atomic mass is 16.1.